The summed E-state index contributed by atoms with van der Waals surface area (Å²) in [5.41, 5.74) is 1.69. The third-order valence-electron chi connectivity index (χ3n) is 2.70. The maximum absolute atomic E-state index is 12.0. The first-order valence-corrected chi connectivity index (χ1v) is 6.93. The molecule has 1 aromatic carbocycles. The molecule has 0 amide bonds. The highest BCUT2D eigenvalue weighted by molar-refractivity contribution is 7.91. The van der Waals surface area contributed by atoms with Crippen molar-refractivity contribution in [3.05, 3.63) is 23.8 Å². The fraction of sp³-hybridized carbons (Fsp3) is 0.455. The van der Waals surface area contributed by atoms with Crippen LogP contribution in [-0.2, 0) is 9.84 Å². The van der Waals surface area contributed by atoms with Gasteiger partial charge in [-0.15, -0.1) is 0 Å². The van der Waals surface area contributed by atoms with Crippen molar-refractivity contribution in [1.29, 1.82) is 0 Å². The van der Waals surface area contributed by atoms with Crippen LogP contribution in [0.5, 0.6) is 0 Å². The molecule has 1 aromatic rings. The Morgan fingerprint density at radius 2 is 2.25 bits per heavy atom. The molecule has 0 fully saturated rings. The highest BCUT2D eigenvalue weighted by Crippen LogP contribution is 2.28. The highest BCUT2D eigenvalue weighted by Gasteiger charge is 2.29. The number of nitrogens with one attached hydrogen (secondary N) is 2. The van der Waals surface area contributed by atoms with Crippen LogP contribution in [0.3, 0.4) is 0 Å². The monoisotopic (exact) mass is 240 g/mol. The van der Waals surface area contributed by atoms with Gasteiger partial charge in [-0.25, -0.2) is 8.42 Å². The van der Waals surface area contributed by atoms with Crippen LogP contribution in [0.4, 0.5) is 5.69 Å². The average Bonchev–Trinajstić information content (AvgIpc) is 2.19. The predicted octanol–water partition coefficient (Wildman–Crippen LogP) is 0.782. The molecular formula is C11H16N2O2S. The van der Waals surface area contributed by atoms with Gasteiger partial charge in [0.25, 0.3) is 0 Å². The predicted molar refractivity (Wildman–Crippen MR) is 64.6 cm³/mol. The first-order chi connectivity index (χ1) is 7.53. The molecule has 2 N–H and O–H groups in total. The van der Waals surface area contributed by atoms with Crippen LogP contribution in [-0.4, -0.2) is 33.8 Å². The number of anilines is 1. The zero-order valence-electron chi connectivity index (χ0n) is 9.45. The van der Waals surface area contributed by atoms with Gasteiger partial charge in [-0.05, 0) is 31.7 Å². The highest BCUT2D eigenvalue weighted by atomic mass is 32.2. The molecule has 1 aliphatic rings. The van der Waals surface area contributed by atoms with Gasteiger partial charge in [0.15, 0.2) is 9.84 Å². The van der Waals surface area contributed by atoms with E-state index in [0.29, 0.717) is 11.4 Å². The third kappa shape index (κ3) is 2.05. The molecule has 0 saturated carbocycles. The topological polar surface area (TPSA) is 58.2 Å². The number of fused-ring (bicyclic) bond motifs is 1. The van der Waals surface area contributed by atoms with E-state index in [2.05, 4.69) is 10.6 Å². The summed E-state index contributed by atoms with van der Waals surface area (Å²) in [5, 5.41) is 6.23. The molecule has 0 saturated heterocycles. The molecule has 5 heteroatoms. The van der Waals surface area contributed by atoms with E-state index in [4.69, 9.17) is 0 Å². The van der Waals surface area contributed by atoms with Crippen molar-refractivity contribution in [2.75, 3.05) is 24.7 Å². The van der Waals surface area contributed by atoms with Crippen molar-refractivity contribution in [2.45, 2.75) is 17.9 Å². The van der Waals surface area contributed by atoms with E-state index < -0.39 is 9.84 Å². The Morgan fingerprint density at radius 1 is 1.50 bits per heavy atom. The minimum atomic E-state index is -3.14. The standard InChI is InChI=1S/C11H16N2O2S/c1-8-3-4-10-11(5-8)16(14,15)7-9(13-10)6-12-2/h3-5,9,12-13H,6-7H2,1-2H3. The van der Waals surface area contributed by atoms with E-state index in [0.717, 1.165) is 11.3 Å². The smallest absolute Gasteiger partial charge is 0.182 e. The van der Waals surface area contributed by atoms with Crippen molar-refractivity contribution in [1.82, 2.24) is 5.32 Å². The number of hydrogen-bond acceptors (Lipinski definition) is 4. The summed E-state index contributed by atoms with van der Waals surface area (Å²) < 4.78 is 24.1. The van der Waals surface area contributed by atoms with Crippen molar-refractivity contribution in [2.24, 2.45) is 0 Å². The third-order valence-corrected chi connectivity index (χ3v) is 4.55. The molecule has 88 valence electrons. The van der Waals surface area contributed by atoms with Gasteiger partial charge in [-0.1, -0.05) is 6.07 Å². The van der Waals surface area contributed by atoms with Crippen molar-refractivity contribution >= 4 is 15.5 Å². The fourth-order valence-corrected chi connectivity index (χ4v) is 3.72. The number of sulfone groups is 1. The second kappa shape index (κ2) is 4.07. The summed E-state index contributed by atoms with van der Waals surface area (Å²) >= 11 is 0. The second-order valence-electron chi connectivity index (χ2n) is 4.18. The van der Waals surface area contributed by atoms with Gasteiger partial charge in [0.1, 0.15) is 0 Å². The van der Waals surface area contributed by atoms with Gasteiger partial charge in [0.05, 0.1) is 22.4 Å². The lowest BCUT2D eigenvalue weighted by atomic mass is 10.2. The second-order valence-corrected chi connectivity index (χ2v) is 6.18. The molecule has 0 bridgehead atoms. The minimum Gasteiger partial charge on any atom is -0.379 e. The van der Waals surface area contributed by atoms with Crippen LogP contribution in [0.15, 0.2) is 23.1 Å². The van der Waals surface area contributed by atoms with Crippen LogP contribution in [0.2, 0.25) is 0 Å². The van der Waals surface area contributed by atoms with Crippen LogP contribution in [0.25, 0.3) is 0 Å². The van der Waals surface area contributed by atoms with Gasteiger partial charge < -0.3 is 10.6 Å². The Balaban J connectivity index is 2.44. The Bertz CT molecular complexity index is 497. The lowest BCUT2D eigenvalue weighted by molar-refractivity contribution is 0.580. The summed E-state index contributed by atoms with van der Waals surface area (Å²) in [6, 6.07) is 5.44. The number of hydrogen-bond donors (Lipinski definition) is 2. The van der Waals surface area contributed by atoms with Crippen molar-refractivity contribution < 1.29 is 8.42 Å². The molecule has 0 aromatic heterocycles. The fourth-order valence-electron chi connectivity index (χ4n) is 1.98. The largest absolute Gasteiger partial charge is 0.379 e. The van der Waals surface area contributed by atoms with Crippen molar-refractivity contribution in [3.63, 3.8) is 0 Å². The maximum atomic E-state index is 12.0. The van der Waals surface area contributed by atoms with E-state index >= 15 is 0 Å². The molecule has 1 aliphatic heterocycles. The molecule has 0 spiro atoms. The first kappa shape index (κ1) is 11.4. The lowest BCUT2D eigenvalue weighted by Crippen LogP contribution is -2.40. The van der Waals surface area contributed by atoms with Crippen LogP contribution < -0.4 is 10.6 Å². The average molecular weight is 240 g/mol. The normalized spacial score (nSPS) is 22.2. The first-order valence-electron chi connectivity index (χ1n) is 5.27. The van der Waals surface area contributed by atoms with E-state index in [1.807, 2.05) is 26.1 Å². The Hall–Kier alpha value is -1.07. The quantitative estimate of drug-likeness (QED) is 0.802. The van der Waals surface area contributed by atoms with E-state index in [1.165, 1.54) is 0 Å². The van der Waals surface area contributed by atoms with E-state index in [9.17, 15) is 8.42 Å². The number of rotatable bonds is 2. The van der Waals surface area contributed by atoms with Gasteiger partial charge in [-0.2, -0.15) is 0 Å². The van der Waals surface area contributed by atoms with Gasteiger partial charge in [0.2, 0.25) is 0 Å². The van der Waals surface area contributed by atoms with Gasteiger partial charge >= 0.3 is 0 Å². The van der Waals surface area contributed by atoms with Crippen LogP contribution in [0, 0.1) is 6.92 Å². The minimum absolute atomic E-state index is 0.0507. The number of likely N-dealkylation sites (N-methyl/N-ethyl adjacent to an activating group) is 1. The zero-order valence-corrected chi connectivity index (χ0v) is 10.3. The summed E-state index contributed by atoms with van der Waals surface area (Å²) in [6.07, 6.45) is 0. The summed E-state index contributed by atoms with van der Waals surface area (Å²) in [5.74, 6) is 0.157. The summed E-state index contributed by atoms with van der Waals surface area (Å²) in [4.78, 5) is 0.430. The number of benzene rings is 1. The molecular weight excluding hydrogens is 224 g/mol. The summed E-state index contributed by atoms with van der Waals surface area (Å²) in [6.45, 7) is 2.54. The molecule has 0 radical (unpaired) electrons. The molecule has 1 atom stereocenters. The zero-order chi connectivity index (χ0) is 11.8. The summed E-state index contributed by atoms with van der Waals surface area (Å²) in [7, 11) is -1.32. The SMILES string of the molecule is CNCC1CS(=O)(=O)c2cc(C)ccc2N1. The Morgan fingerprint density at radius 3 is 2.94 bits per heavy atom. The van der Waals surface area contributed by atoms with Crippen LogP contribution in [0.1, 0.15) is 5.56 Å². The van der Waals surface area contributed by atoms with E-state index in [1.54, 1.807) is 6.07 Å². The number of aryl methyl sites for hydroxylation is 1. The Kier molecular flexibility index (Phi) is 2.90. The molecule has 4 nitrogen and oxygen atoms in total. The van der Waals surface area contributed by atoms with Gasteiger partial charge in [-0.3, -0.25) is 0 Å². The molecule has 16 heavy (non-hydrogen) atoms. The van der Waals surface area contributed by atoms with Crippen molar-refractivity contribution in [3.8, 4) is 0 Å². The molecule has 1 heterocycles. The molecule has 0 aliphatic carbocycles. The van der Waals surface area contributed by atoms with Crippen LogP contribution >= 0.6 is 0 Å². The molecule has 1 unspecified atom stereocenters. The van der Waals surface area contributed by atoms with Gasteiger partial charge in [0, 0.05) is 6.54 Å². The lowest BCUT2D eigenvalue weighted by Gasteiger charge is -2.27. The molecule has 2 rings (SSSR count). The van der Waals surface area contributed by atoms with E-state index in [-0.39, 0.29) is 11.8 Å². The maximum Gasteiger partial charge on any atom is 0.182 e. The Labute approximate surface area is 96.0 Å².